The van der Waals surface area contributed by atoms with Gasteiger partial charge in [0.15, 0.2) is 0 Å². The van der Waals surface area contributed by atoms with Gasteiger partial charge in [0.2, 0.25) is 23.6 Å². The zero-order valence-electron chi connectivity index (χ0n) is 71.6. The summed E-state index contributed by atoms with van der Waals surface area (Å²) in [6.45, 7) is 15.8. The number of carbonyl (C=O) groups excluding carboxylic acids is 4. The summed E-state index contributed by atoms with van der Waals surface area (Å²) in [7, 11) is 0. The van der Waals surface area contributed by atoms with Gasteiger partial charge in [-0.15, -0.1) is 0 Å². The molecule has 22 heteroatoms. The molecular weight excluding hydrogens is 1540 g/mol. The first-order valence-corrected chi connectivity index (χ1v) is 45.5. The number of anilines is 4. The molecule has 640 valence electrons. The summed E-state index contributed by atoms with van der Waals surface area (Å²) in [5.41, 5.74) is 24.8. The van der Waals surface area contributed by atoms with Crippen molar-refractivity contribution >= 4 is 46.4 Å². The number of hydrogen-bond donors (Lipinski definition) is 4. The minimum absolute atomic E-state index is 0.194. The van der Waals surface area contributed by atoms with E-state index in [1.165, 1.54) is 98.5 Å². The summed E-state index contributed by atoms with van der Waals surface area (Å²) in [5.74, 6) is 3.44. The number of benzene rings is 6. The van der Waals surface area contributed by atoms with Crippen molar-refractivity contribution in [2.75, 3.05) is 124 Å². The lowest BCUT2D eigenvalue weighted by atomic mass is 9.92. The lowest BCUT2D eigenvalue weighted by Gasteiger charge is -2.38. The fourth-order valence-corrected chi connectivity index (χ4v) is 19.8. The van der Waals surface area contributed by atoms with E-state index in [0.29, 0.717) is 55.3 Å². The lowest BCUT2D eigenvalue weighted by Crippen LogP contribution is -2.43. The third-order valence-corrected chi connectivity index (χ3v) is 26.7. The number of likely N-dealkylation sites (tertiary alicyclic amines) is 4. The van der Waals surface area contributed by atoms with E-state index in [2.05, 4.69) is 165 Å². The highest BCUT2D eigenvalue weighted by atomic mass is 16.2. The van der Waals surface area contributed by atoms with E-state index in [-0.39, 0.29) is 17.7 Å². The Kier molecular flexibility index (Phi) is 27.8. The van der Waals surface area contributed by atoms with Crippen molar-refractivity contribution < 1.29 is 19.2 Å². The van der Waals surface area contributed by atoms with Gasteiger partial charge in [-0.3, -0.25) is 49.5 Å². The Morgan fingerprint density at radius 1 is 0.306 bits per heavy atom. The third kappa shape index (κ3) is 21.8. The number of nitrogens with one attached hydrogen (secondary N) is 4. The van der Waals surface area contributed by atoms with E-state index in [1.54, 1.807) is 12.4 Å². The maximum atomic E-state index is 12.7. The number of aromatic amines is 4. The van der Waals surface area contributed by atoms with E-state index in [1.807, 2.05) is 144 Å². The molecule has 20 rings (SSSR count). The molecule has 8 aliphatic rings. The van der Waals surface area contributed by atoms with Crippen molar-refractivity contribution in [2.24, 2.45) is 23.7 Å². The van der Waals surface area contributed by atoms with Gasteiger partial charge in [-0.2, -0.15) is 20.4 Å². The Morgan fingerprint density at radius 2 is 0.621 bits per heavy atom. The maximum absolute atomic E-state index is 12.7. The second kappa shape index (κ2) is 41.1. The number of carbonyl (C=O) groups is 4. The van der Waals surface area contributed by atoms with E-state index in [9.17, 15) is 19.2 Å². The molecule has 4 amide bonds. The first kappa shape index (κ1) is 83.8. The van der Waals surface area contributed by atoms with E-state index in [0.717, 1.165) is 221 Å². The molecule has 0 bridgehead atoms. The number of aryl methyl sites for hydroxylation is 5. The van der Waals surface area contributed by atoms with Gasteiger partial charge in [-0.25, -0.2) is 0 Å². The highest BCUT2D eigenvalue weighted by molar-refractivity contribution is 5.81. The molecule has 4 saturated heterocycles. The van der Waals surface area contributed by atoms with Crippen molar-refractivity contribution in [3.8, 4) is 44.5 Å². The number of H-pyrrole nitrogens is 4. The molecule has 4 N–H and O–H groups in total. The minimum Gasteiger partial charge on any atom is -0.371 e. The fraction of sp³-hybridized carbons (Fsp3) is 0.392. The van der Waals surface area contributed by atoms with Gasteiger partial charge in [0.1, 0.15) is 0 Å². The highest BCUT2D eigenvalue weighted by Crippen LogP contribution is 2.39. The van der Waals surface area contributed by atoms with E-state index >= 15 is 0 Å². The number of aromatic nitrogens is 10. The van der Waals surface area contributed by atoms with Crippen LogP contribution in [0, 0.1) is 23.7 Å². The van der Waals surface area contributed by atoms with Gasteiger partial charge in [0, 0.05) is 205 Å². The molecule has 8 aliphatic heterocycles. The molecule has 1 unspecified atom stereocenters. The normalized spacial score (nSPS) is 17.2. The average molecular weight is 1660 g/mol. The van der Waals surface area contributed by atoms with Crippen LogP contribution in [0.4, 0.5) is 22.7 Å². The first-order valence-electron chi connectivity index (χ1n) is 45.5. The molecule has 0 radical (unpaired) electrons. The van der Waals surface area contributed by atoms with E-state index < -0.39 is 0 Å². The number of fused-ring (bicyclic) bond motifs is 4. The van der Waals surface area contributed by atoms with Crippen LogP contribution in [0.5, 0.6) is 0 Å². The molecule has 6 aromatic heterocycles. The SMILES string of the molecule is O=C(CCc1ccccc1)N1CCC(CN2CCCc3cc(-c4cn[nH]c4)ccc32)CC1.O=C(Cc1ccccc1)N1CCC(CN2CCCc3cc(-c4cn[nH]c4)ccc32)CC1.O=C(Cc1ccccn1)N1CCC(CN2CCCc3cc(-c4cn[nH]c4)ccc32)C1.O=C(Cc1ccccn1)N1CCC(CN2CCCc3cc(-c4cn[nH]c4)ccc32)CC1. The Bertz CT molecular complexity index is 5210. The first-order chi connectivity index (χ1) is 61.0. The summed E-state index contributed by atoms with van der Waals surface area (Å²) in [5, 5.41) is 27.9. The van der Waals surface area contributed by atoms with Crippen molar-refractivity contribution in [1.82, 2.24) is 70.4 Å². The van der Waals surface area contributed by atoms with Crippen LogP contribution < -0.4 is 19.6 Å². The topological polar surface area (TPSA) is 235 Å². The predicted octanol–water partition coefficient (Wildman–Crippen LogP) is 16.0. The van der Waals surface area contributed by atoms with Crippen LogP contribution in [0.2, 0.25) is 0 Å². The largest absolute Gasteiger partial charge is 0.371 e. The molecular formula is C102H118N18O4. The molecule has 6 aromatic carbocycles. The average Bonchev–Trinajstić information content (AvgIpc) is 1.19. The molecule has 14 heterocycles. The van der Waals surface area contributed by atoms with E-state index in [4.69, 9.17) is 0 Å². The van der Waals surface area contributed by atoms with Crippen molar-refractivity contribution in [2.45, 2.75) is 128 Å². The van der Waals surface area contributed by atoms with Gasteiger partial charge in [0.25, 0.3) is 0 Å². The number of amides is 4. The Labute approximate surface area is 729 Å². The Hall–Kier alpha value is -12.5. The Balaban J connectivity index is 0.000000117. The van der Waals surface area contributed by atoms with Crippen LogP contribution in [0.1, 0.15) is 122 Å². The van der Waals surface area contributed by atoms with Crippen molar-refractivity contribution in [3.63, 3.8) is 0 Å². The Morgan fingerprint density at radius 3 is 0.968 bits per heavy atom. The number of hydrogen-bond acceptors (Lipinski definition) is 14. The molecule has 0 saturated carbocycles. The van der Waals surface area contributed by atoms with Gasteiger partial charge in [0.05, 0.1) is 44.0 Å². The highest BCUT2D eigenvalue weighted by Gasteiger charge is 2.33. The van der Waals surface area contributed by atoms with Gasteiger partial charge < -0.3 is 39.2 Å². The van der Waals surface area contributed by atoms with Crippen LogP contribution in [-0.2, 0) is 70.5 Å². The number of pyridine rings is 2. The standard InChI is InChI=1S/C27H32N4O.C26H30N4O.C25H29N5O.C24H27N5O/c32-27(11-8-21-5-2-1-3-6-21)30-15-12-22(13-16-30)20-31-14-4-7-24-17-23(9-10-26(24)31)25-18-28-29-19-25;31-26(15-20-5-2-1-3-6-20)29-13-10-21(11-14-29)19-30-12-4-7-23-16-22(8-9-25(23)30)24-17-27-28-18-24;31-25(15-23-5-1-2-10-26-23)29-12-8-19(9-13-29)18-30-11-3-4-21-14-20(6-7-24(21)30)22-16-27-28-17-22;30-24(13-22-5-1-2-9-25-22)29-11-8-18(17-29)16-28-10-3-4-20-12-19(6-7-23(20)28)21-14-26-27-15-21/h1-3,5-6,9-10,17-19,22H,4,7-8,11-16,20H2,(H,28,29);1-3,5-6,8-9,16-18,21H,4,7,10-15,19H2,(H,27,28);1-2,5-7,10,14,16-17,19H,3-4,8-9,11-13,15,18H2,(H,27,28);1-2,5-7,9,12,14-15,18H,3-4,8,10-11,13,16-17H2,(H,26,27). The number of piperidine rings is 3. The molecule has 1 atom stereocenters. The summed E-state index contributed by atoms with van der Waals surface area (Å²) >= 11 is 0. The van der Waals surface area contributed by atoms with Crippen LogP contribution in [-0.4, -0.2) is 199 Å². The molecule has 0 aliphatic carbocycles. The smallest absolute Gasteiger partial charge is 0.228 e. The van der Waals surface area contributed by atoms with Crippen molar-refractivity contribution in [1.29, 1.82) is 0 Å². The monoisotopic (exact) mass is 1660 g/mol. The second-order valence-electron chi connectivity index (χ2n) is 35.1. The minimum atomic E-state index is 0.194. The van der Waals surface area contributed by atoms with Crippen LogP contribution in [0.25, 0.3) is 44.5 Å². The van der Waals surface area contributed by atoms with Gasteiger partial charge in [-0.1, -0.05) is 97.1 Å². The molecule has 4 fully saturated rings. The van der Waals surface area contributed by atoms with Crippen LogP contribution in [0.3, 0.4) is 0 Å². The summed E-state index contributed by atoms with van der Waals surface area (Å²) in [6, 6.07) is 59.2. The molecule has 12 aromatic rings. The third-order valence-electron chi connectivity index (χ3n) is 26.7. The summed E-state index contributed by atoms with van der Waals surface area (Å²) in [4.78, 5) is 77.6. The fourth-order valence-electron chi connectivity index (χ4n) is 19.8. The second-order valence-corrected chi connectivity index (χ2v) is 35.1. The van der Waals surface area contributed by atoms with Crippen LogP contribution >= 0.6 is 0 Å². The zero-order chi connectivity index (χ0) is 84.2. The predicted molar refractivity (Wildman–Crippen MR) is 492 cm³/mol. The molecule has 0 spiro atoms. The zero-order valence-corrected chi connectivity index (χ0v) is 71.6. The molecule has 124 heavy (non-hydrogen) atoms. The number of nitrogens with zero attached hydrogens (tertiary/aromatic N) is 14. The van der Waals surface area contributed by atoms with Crippen LogP contribution in [0.15, 0.2) is 232 Å². The number of rotatable bonds is 21. The van der Waals surface area contributed by atoms with Gasteiger partial charge in [-0.05, 0) is 255 Å². The summed E-state index contributed by atoms with van der Waals surface area (Å²) in [6.07, 6.45) is 38.6. The van der Waals surface area contributed by atoms with Crippen molar-refractivity contribution in [3.05, 3.63) is 277 Å². The summed E-state index contributed by atoms with van der Waals surface area (Å²) < 4.78 is 0. The maximum Gasteiger partial charge on any atom is 0.228 e. The van der Waals surface area contributed by atoms with Gasteiger partial charge >= 0.3 is 0 Å². The quantitative estimate of drug-likeness (QED) is 0.0524. The molecule has 22 nitrogen and oxygen atoms in total. The lowest BCUT2D eigenvalue weighted by molar-refractivity contribution is -0.133.